The van der Waals surface area contributed by atoms with E-state index in [9.17, 15) is 4.79 Å². The van der Waals surface area contributed by atoms with Crippen LogP contribution in [0.4, 0.5) is 5.69 Å². The summed E-state index contributed by atoms with van der Waals surface area (Å²) in [6, 6.07) is 6.01. The predicted octanol–water partition coefficient (Wildman–Crippen LogP) is 2.29. The zero-order valence-electron chi connectivity index (χ0n) is 9.03. The van der Waals surface area contributed by atoms with E-state index in [1.54, 1.807) is 6.07 Å². The third-order valence-corrected chi connectivity index (χ3v) is 3.16. The quantitative estimate of drug-likeness (QED) is 0.805. The molecule has 2 rings (SSSR count). The fourth-order valence-corrected chi connectivity index (χ4v) is 2.04. The second-order valence-electron chi connectivity index (χ2n) is 4.09. The molecule has 1 aliphatic heterocycles. The zero-order chi connectivity index (χ0) is 11.0. The molecule has 0 bridgehead atoms. The lowest BCUT2D eigenvalue weighted by Gasteiger charge is -2.41. The average Bonchev–Trinajstić information content (AvgIpc) is 2.18. The Balaban J connectivity index is 2.40. The summed E-state index contributed by atoms with van der Waals surface area (Å²) in [5.74, 6) is -0.845. The number of anilines is 1. The molecule has 1 unspecified atom stereocenters. The summed E-state index contributed by atoms with van der Waals surface area (Å²) in [5.41, 5.74) is 2.34. The van der Waals surface area contributed by atoms with Gasteiger partial charge in [-0.05, 0) is 38.0 Å². The van der Waals surface area contributed by atoms with Gasteiger partial charge < -0.3 is 10.0 Å². The van der Waals surface area contributed by atoms with Crippen LogP contribution >= 0.6 is 0 Å². The molecule has 15 heavy (non-hydrogen) atoms. The van der Waals surface area contributed by atoms with Crippen molar-refractivity contribution in [2.75, 3.05) is 11.4 Å². The predicted molar refractivity (Wildman–Crippen MR) is 59.6 cm³/mol. The van der Waals surface area contributed by atoms with E-state index in [2.05, 4.69) is 11.8 Å². The number of hydrogen-bond acceptors (Lipinski definition) is 2. The van der Waals surface area contributed by atoms with Gasteiger partial charge in [-0.2, -0.15) is 0 Å². The first-order valence-corrected chi connectivity index (χ1v) is 5.21. The lowest BCUT2D eigenvalue weighted by atomic mass is 9.99. The van der Waals surface area contributed by atoms with Crippen molar-refractivity contribution in [1.82, 2.24) is 0 Å². The van der Waals surface area contributed by atoms with E-state index in [-0.39, 0.29) is 0 Å². The number of carbonyl (C=O) groups is 1. The minimum atomic E-state index is -0.845. The Morgan fingerprint density at radius 1 is 1.53 bits per heavy atom. The Hall–Kier alpha value is -1.51. The topological polar surface area (TPSA) is 40.5 Å². The van der Waals surface area contributed by atoms with Crippen molar-refractivity contribution in [3.63, 3.8) is 0 Å². The number of hydrogen-bond donors (Lipinski definition) is 1. The number of aromatic carboxylic acids is 1. The third kappa shape index (κ3) is 1.58. The van der Waals surface area contributed by atoms with E-state index in [0.29, 0.717) is 11.6 Å². The first-order chi connectivity index (χ1) is 7.11. The summed E-state index contributed by atoms with van der Waals surface area (Å²) in [4.78, 5) is 13.2. The molecule has 1 saturated heterocycles. The van der Waals surface area contributed by atoms with Gasteiger partial charge in [0.05, 0.1) is 5.56 Å². The smallest absolute Gasteiger partial charge is 0.336 e. The van der Waals surface area contributed by atoms with Crippen LogP contribution in [-0.2, 0) is 0 Å². The molecule has 1 N–H and O–H groups in total. The maximum Gasteiger partial charge on any atom is 0.336 e. The van der Waals surface area contributed by atoms with Crippen LogP contribution in [0.15, 0.2) is 18.2 Å². The molecule has 0 aliphatic carbocycles. The highest BCUT2D eigenvalue weighted by Crippen LogP contribution is 2.30. The second kappa shape index (κ2) is 3.57. The molecule has 3 heteroatoms. The van der Waals surface area contributed by atoms with E-state index in [0.717, 1.165) is 17.8 Å². The molecular weight excluding hydrogens is 190 g/mol. The number of benzene rings is 1. The Kier molecular flexibility index (Phi) is 2.39. The van der Waals surface area contributed by atoms with Crippen LogP contribution in [-0.4, -0.2) is 23.7 Å². The largest absolute Gasteiger partial charge is 0.478 e. The maximum absolute atomic E-state index is 11.0. The van der Waals surface area contributed by atoms with Gasteiger partial charge in [-0.15, -0.1) is 0 Å². The third-order valence-electron chi connectivity index (χ3n) is 3.16. The van der Waals surface area contributed by atoms with Crippen LogP contribution in [0.5, 0.6) is 0 Å². The molecule has 1 aromatic rings. The molecule has 0 aromatic heterocycles. The molecule has 0 amide bonds. The summed E-state index contributed by atoms with van der Waals surface area (Å²) in [6.07, 6.45) is 1.19. The number of rotatable bonds is 2. The number of nitrogens with zero attached hydrogens (tertiary/aromatic N) is 1. The highest BCUT2D eigenvalue weighted by atomic mass is 16.4. The Bertz CT molecular complexity index is 401. The Morgan fingerprint density at radius 2 is 2.27 bits per heavy atom. The molecule has 1 aromatic carbocycles. The summed E-state index contributed by atoms with van der Waals surface area (Å²) in [7, 11) is 0. The molecule has 0 radical (unpaired) electrons. The molecule has 0 saturated carbocycles. The van der Waals surface area contributed by atoms with Gasteiger partial charge in [0.25, 0.3) is 0 Å². The van der Waals surface area contributed by atoms with E-state index in [4.69, 9.17) is 5.11 Å². The normalized spacial score (nSPS) is 19.9. The molecule has 1 aliphatic rings. The highest BCUT2D eigenvalue weighted by molar-refractivity contribution is 5.91. The van der Waals surface area contributed by atoms with Crippen LogP contribution in [0, 0.1) is 6.92 Å². The monoisotopic (exact) mass is 205 g/mol. The first kappa shape index (κ1) is 10.0. The lowest BCUT2D eigenvalue weighted by Crippen LogP contribution is -2.46. The van der Waals surface area contributed by atoms with Crippen molar-refractivity contribution in [1.29, 1.82) is 0 Å². The molecule has 3 nitrogen and oxygen atoms in total. The standard InChI is InChI=1S/C12H15NO2/c1-8-6-7-13(8)11-5-3-4-10(9(11)2)12(14)15/h3-5,8H,6-7H2,1-2H3,(H,14,15). The Labute approximate surface area is 89.3 Å². The number of carboxylic acids is 1. The minimum Gasteiger partial charge on any atom is -0.478 e. The van der Waals surface area contributed by atoms with Crippen LogP contribution in [0.1, 0.15) is 29.3 Å². The Morgan fingerprint density at radius 3 is 2.73 bits per heavy atom. The second-order valence-corrected chi connectivity index (χ2v) is 4.09. The van der Waals surface area contributed by atoms with Crippen molar-refractivity contribution in [3.05, 3.63) is 29.3 Å². The SMILES string of the molecule is Cc1c(C(=O)O)cccc1N1CCC1C. The van der Waals surface area contributed by atoms with Crippen LogP contribution in [0.3, 0.4) is 0 Å². The van der Waals surface area contributed by atoms with Crippen molar-refractivity contribution in [2.45, 2.75) is 26.3 Å². The molecule has 1 atom stereocenters. The zero-order valence-corrected chi connectivity index (χ0v) is 9.03. The molecular formula is C12H15NO2. The van der Waals surface area contributed by atoms with E-state index >= 15 is 0 Å². The first-order valence-electron chi connectivity index (χ1n) is 5.21. The van der Waals surface area contributed by atoms with Gasteiger partial charge in [0.15, 0.2) is 0 Å². The fraction of sp³-hybridized carbons (Fsp3) is 0.417. The van der Waals surface area contributed by atoms with Crippen molar-refractivity contribution < 1.29 is 9.90 Å². The summed E-state index contributed by atoms with van der Waals surface area (Å²) in [6.45, 7) is 5.07. The molecule has 0 spiro atoms. The van der Waals surface area contributed by atoms with Crippen LogP contribution in [0.25, 0.3) is 0 Å². The van der Waals surface area contributed by atoms with Crippen molar-refractivity contribution in [2.24, 2.45) is 0 Å². The van der Waals surface area contributed by atoms with E-state index in [1.165, 1.54) is 6.42 Å². The summed E-state index contributed by atoms with van der Waals surface area (Å²) >= 11 is 0. The van der Waals surface area contributed by atoms with E-state index in [1.807, 2.05) is 19.1 Å². The van der Waals surface area contributed by atoms with Gasteiger partial charge in [-0.25, -0.2) is 4.79 Å². The fourth-order valence-electron chi connectivity index (χ4n) is 2.04. The van der Waals surface area contributed by atoms with Crippen LogP contribution < -0.4 is 4.90 Å². The maximum atomic E-state index is 11.0. The van der Waals surface area contributed by atoms with Gasteiger partial charge in [0, 0.05) is 18.3 Å². The number of carboxylic acid groups (broad SMARTS) is 1. The van der Waals surface area contributed by atoms with Crippen molar-refractivity contribution in [3.8, 4) is 0 Å². The molecule has 1 heterocycles. The summed E-state index contributed by atoms with van der Waals surface area (Å²) < 4.78 is 0. The molecule has 1 fully saturated rings. The van der Waals surface area contributed by atoms with Gasteiger partial charge in [0.1, 0.15) is 0 Å². The van der Waals surface area contributed by atoms with Gasteiger partial charge in [-0.3, -0.25) is 0 Å². The van der Waals surface area contributed by atoms with Gasteiger partial charge in [0.2, 0.25) is 0 Å². The lowest BCUT2D eigenvalue weighted by molar-refractivity contribution is 0.0696. The summed E-state index contributed by atoms with van der Waals surface area (Å²) in [5, 5.41) is 9.01. The van der Waals surface area contributed by atoms with Crippen LogP contribution in [0.2, 0.25) is 0 Å². The van der Waals surface area contributed by atoms with E-state index < -0.39 is 5.97 Å². The molecule has 80 valence electrons. The highest BCUT2D eigenvalue weighted by Gasteiger charge is 2.25. The van der Waals surface area contributed by atoms with Crippen molar-refractivity contribution >= 4 is 11.7 Å². The minimum absolute atomic E-state index is 0.409. The van der Waals surface area contributed by atoms with Gasteiger partial charge in [-0.1, -0.05) is 6.07 Å². The van der Waals surface area contributed by atoms with Gasteiger partial charge >= 0.3 is 5.97 Å². The average molecular weight is 205 g/mol.